The fourth-order valence-corrected chi connectivity index (χ4v) is 4.19. The van der Waals surface area contributed by atoms with Crippen molar-refractivity contribution in [1.82, 2.24) is 9.55 Å². The molecule has 0 unspecified atom stereocenters. The van der Waals surface area contributed by atoms with Crippen LogP contribution in [0.4, 0.5) is 0 Å². The van der Waals surface area contributed by atoms with Crippen LogP contribution < -0.4 is 4.18 Å². The van der Waals surface area contributed by atoms with E-state index in [-0.39, 0.29) is 5.75 Å². The highest BCUT2D eigenvalue weighted by Crippen LogP contribution is 2.36. The molecule has 5 aromatic rings. The summed E-state index contributed by atoms with van der Waals surface area (Å²) in [6.45, 7) is 0. The molecule has 0 saturated heterocycles. The SMILES string of the molecule is CS(=O)(=O)Oc1ccccc1-c1nc2c3ccccc3ccc2n1-c1ccccc1. The van der Waals surface area contributed by atoms with Crippen molar-refractivity contribution < 1.29 is 12.6 Å². The lowest BCUT2D eigenvalue weighted by atomic mass is 10.1. The van der Waals surface area contributed by atoms with Gasteiger partial charge in [-0.3, -0.25) is 4.57 Å². The van der Waals surface area contributed by atoms with Crippen LogP contribution in [-0.4, -0.2) is 24.2 Å². The minimum atomic E-state index is -3.69. The van der Waals surface area contributed by atoms with Gasteiger partial charge in [-0.25, -0.2) is 4.98 Å². The van der Waals surface area contributed by atoms with Crippen molar-refractivity contribution in [3.8, 4) is 22.8 Å². The molecule has 6 heteroatoms. The first-order valence-electron chi connectivity index (χ1n) is 9.46. The van der Waals surface area contributed by atoms with E-state index in [2.05, 4.69) is 12.1 Å². The number of hydrogen-bond acceptors (Lipinski definition) is 4. The zero-order valence-corrected chi connectivity index (χ0v) is 17.0. The molecule has 5 rings (SSSR count). The van der Waals surface area contributed by atoms with E-state index in [9.17, 15) is 8.42 Å². The first-order valence-corrected chi connectivity index (χ1v) is 11.3. The van der Waals surface area contributed by atoms with Crippen LogP contribution in [0.1, 0.15) is 0 Å². The zero-order valence-electron chi connectivity index (χ0n) is 16.2. The van der Waals surface area contributed by atoms with Gasteiger partial charge in [-0.05, 0) is 35.7 Å². The Kier molecular flexibility index (Phi) is 4.29. The third-order valence-electron chi connectivity index (χ3n) is 4.93. The highest BCUT2D eigenvalue weighted by Gasteiger charge is 2.20. The average Bonchev–Trinajstić information content (AvgIpc) is 3.13. The Balaban J connectivity index is 1.88. The van der Waals surface area contributed by atoms with Crippen molar-refractivity contribution in [2.45, 2.75) is 0 Å². The maximum Gasteiger partial charge on any atom is 0.306 e. The second kappa shape index (κ2) is 7.00. The van der Waals surface area contributed by atoms with Crippen LogP contribution in [0.3, 0.4) is 0 Å². The lowest BCUT2D eigenvalue weighted by molar-refractivity contribution is 0.493. The summed E-state index contributed by atoms with van der Waals surface area (Å²) in [4.78, 5) is 4.97. The van der Waals surface area contributed by atoms with Crippen LogP contribution in [0.5, 0.6) is 5.75 Å². The lowest BCUT2D eigenvalue weighted by Gasteiger charge is -2.12. The molecule has 0 amide bonds. The van der Waals surface area contributed by atoms with E-state index in [1.54, 1.807) is 12.1 Å². The summed E-state index contributed by atoms with van der Waals surface area (Å²) in [6.07, 6.45) is 1.04. The van der Waals surface area contributed by atoms with Gasteiger partial charge in [0.1, 0.15) is 5.82 Å². The van der Waals surface area contributed by atoms with Crippen LogP contribution in [0.25, 0.3) is 38.9 Å². The summed E-state index contributed by atoms with van der Waals surface area (Å²) in [6, 6.07) is 29.1. The molecule has 1 aromatic heterocycles. The molecule has 148 valence electrons. The van der Waals surface area contributed by atoms with E-state index < -0.39 is 10.1 Å². The largest absolute Gasteiger partial charge is 0.382 e. The monoisotopic (exact) mass is 414 g/mol. The molecule has 5 nitrogen and oxygen atoms in total. The Bertz CT molecular complexity index is 1490. The standard InChI is InChI=1S/C24H18N2O3S/c1-30(27,28)29-22-14-8-7-13-20(22)24-25-23-19-12-6-5-9-17(19)15-16-21(23)26(24)18-10-3-2-4-11-18/h2-16H,1H3. The van der Waals surface area contributed by atoms with Crippen LogP contribution in [0, 0.1) is 0 Å². The number of rotatable bonds is 4. The van der Waals surface area contributed by atoms with E-state index in [1.807, 2.05) is 71.3 Å². The molecule has 0 aliphatic rings. The van der Waals surface area contributed by atoms with Gasteiger partial charge in [0, 0.05) is 11.1 Å². The van der Waals surface area contributed by atoms with Crippen molar-refractivity contribution in [3.63, 3.8) is 0 Å². The van der Waals surface area contributed by atoms with E-state index in [0.29, 0.717) is 11.4 Å². The number of nitrogens with zero attached hydrogens (tertiary/aromatic N) is 2. The van der Waals surface area contributed by atoms with E-state index in [0.717, 1.165) is 33.7 Å². The summed E-state index contributed by atoms with van der Waals surface area (Å²) >= 11 is 0. The van der Waals surface area contributed by atoms with Gasteiger partial charge in [-0.15, -0.1) is 0 Å². The Morgan fingerprint density at radius 1 is 0.800 bits per heavy atom. The minimum absolute atomic E-state index is 0.247. The minimum Gasteiger partial charge on any atom is -0.382 e. The van der Waals surface area contributed by atoms with Crippen molar-refractivity contribution in [2.75, 3.05) is 6.26 Å². The van der Waals surface area contributed by atoms with Crippen molar-refractivity contribution >= 4 is 31.9 Å². The Labute approximate surface area is 174 Å². The number of para-hydroxylation sites is 2. The summed E-state index contributed by atoms with van der Waals surface area (Å²) < 4.78 is 31.0. The Morgan fingerprint density at radius 3 is 2.30 bits per heavy atom. The number of hydrogen-bond donors (Lipinski definition) is 0. The molecule has 30 heavy (non-hydrogen) atoms. The molecule has 0 saturated carbocycles. The fourth-order valence-electron chi connectivity index (χ4n) is 3.72. The molecule has 0 fully saturated rings. The van der Waals surface area contributed by atoms with Crippen molar-refractivity contribution in [2.24, 2.45) is 0 Å². The van der Waals surface area contributed by atoms with Gasteiger partial charge in [0.2, 0.25) is 0 Å². The highest BCUT2D eigenvalue weighted by atomic mass is 32.2. The molecule has 0 spiro atoms. The van der Waals surface area contributed by atoms with E-state index in [4.69, 9.17) is 9.17 Å². The lowest BCUT2D eigenvalue weighted by Crippen LogP contribution is -2.07. The van der Waals surface area contributed by atoms with E-state index >= 15 is 0 Å². The molecular weight excluding hydrogens is 396 g/mol. The fraction of sp³-hybridized carbons (Fsp3) is 0.0417. The first-order chi connectivity index (χ1) is 14.5. The smallest absolute Gasteiger partial charge is 0.306 e. The summed E-state index contributed by atoms with van der Waals surface area (Å²) in [5.74, 6) is 0.864. The Hall–Kier alpha value is -3.64. The second-order valence-corrected chi connectivity index (χ2v) is 8.62. The maximum atomic E-state index is 11.8. The van der Waals surface area contributed by atoms with Crippen molar-refractivity contribution in [3.05, 3.63) is 91.0 Å². The summed E-state index contributed by atoms with van der Waals surface area (Å²) in [5.41, 5.74) is 3.32. The molecule has 0 bridgehead atoms. The summed E-state index contributed by atoms with van der Waals surface area (Å²) in [7, 11) is -3.69. The predicted molar refractivity (Wildman–Crippen MR) is 119 cm³/mol. The molecule has 0 atom stereocenters. The van der Waals surface area contributed by atoms with E-state index in [1.165, 1.54) is 0 Å². The highest BCUT2D eigenvalue weighted by molar-refractivity contribution is 7.86. The Morgan fingerprint density at radius 2 is 1.50 bits per heavy atom. The molecule has 0 aliphatic heterocycles. The molecule has 4 aromatic carbocycles. The van der Waals surface area contributed by atoms with Crippen molar-refractivity contribution in [1.29, 1.82) is 0 Å². The maximum absolute atomic E-state index is 11.8. The number of fused-ring (bicyclic) bond motifs is 3. The van der Waals surface area contributed by atoms with Gasteiger partial charge in [0.25, 0.3) is 0 Å². The van der Waals surface area contributed by atoms with Gasteiger partial charge in [-0.1, -0.05) is 60.7 Å². The van der Waals surface area contributed by atoms with Gasteiger partial charge >= 0.3 is 10.1 Å². The zero-order chi connectivity index (χ0) is 20.7. The van der Waals surface area contributed by atoms with Crippen LogP contribution in [0.2, 0.25) is 0 Å². The molecular formula is C24H18N2O3S. The molecule has 0 aliphatic carbocycles. The summed E-state index contributed by atoms with van der Waals surface area (Å²) in [5, 5.41) is 2.13. The molecule has 0 N–H and O–H groups in total. The third kappa shape index (κ3) is 3.21. The van der Waals surface area contributed by atoms with Gasteiger partial charge < -0.3 is 4.18 Å². The number of imidazole rings is 1. The van der Waals surface area contributed by atoms with Gasteiger partial charge in [-0.2, -0.15) is 8.42 Å². The number of benzene rings is 4. The predicted octanol–water partition coefficient (Wildman–Crippen LogP) is 5.18. The second-order valence-electron chi connectivity index (χ2n) is 7.04. The van der Waals surface area contributed by atoms with Crippen LogP contribution >= 0.6 is 0 Å². The molecule has 0 radical (unpaired) electrons. The van der Waals surface area contributed by atoms with Crippen LogP contribution in [0.15, 0.2) is 91.0 Å². The van der Waals surface area contributed by atoms with Gasteiger partial charge in [0.15, 0.2) is 5.75 Å². The quantitative estimate of drug-likeness (QED) is 0.380. The molecule has 1 heterocycles. The normalized spacial score (nSPS) is 11.8. The van der Waals surface area contributed by atoms with Gasteiger partial charge in [0.05, 0.1) is 22.9 Å². The first kappa shape index (κ1) is 18.4. The third-order valence-corrected chi connectivity index (χ3v) is 5.42. The van der Waals surface area contributed by atoms with Crippen LogP contribution in [-0.2, 0) is 10.1 Å². The average molecular weight is 414 g/mol. The number of aromatic nitrogens is 2. The topological polar surface area (TPSA) is 61.2 Å².